The van der Waals surface area contributed by atoms with Crippen LogP contribution in [-0.2, 0) is 16.1 Å². The maximum atomic E-state index is 13.1. The van der Waals surface area contributed by atoms with Gasteiger partial charge in [-0.25, -0.2) is 4.39 Å². The maximum Gasteiger partial charge on any atom is 0.248 e. The Bertz CT molecular complexity index is 991. The summed E-state index contributed by atoms with van der Waals surface area (Å²) in [6.45, 7) is 3.86. The molecule has 30 heavy (non-hydrogen) atoms. The zero-order valence-corrected chi connectivity index (χ0v) is 17.7. The molecule has 4 nitrogen and oxygen atoms in total. The molecule has 0 saturated carbocycles. The van der Waals surface area contributed by atoms with Gasteiger partial charge in [0.1, 0.15) is 12.4 Å². The van der Waals surface area contributed by atoms with Gasteiger partial charge in [-0.2, -0.15) is 0 Å². The van der Waals surface area contributed by atoms with E-state index in [-0.39, 0.29) is 42.9 Å². The molecule has 1 aliphatic rings. The molecule has 0 bridgehead atoms. The highest BCUT2D eigenvalue weighted by Gasteiger charge is 2.26. The van der Waals surface area contributed by atoms with Crippen LogP contribution in [-0.4, -0.2) is 36.6 Å². The molecule has 3 aromatic carbocycles. The van der Waals surface area contributed by atoms with Crippen molar-refractivity contribution in [2.24, 2.45) is 0 Å². The summed E-state index contributed by atoms with van der Waals surface area (Å²) in [5.41, 5.74) is 2.16. The number of rotatable bonds is 6. The monoisotopic (exact) mass is 428 g/mol. The molecule has 0 aliphatic carbocycles. The quantitative estimate of drug-likeness (QED) is 0.629. The lowest BCUT2D eigenvalue weighted by Gasteiger charge is -2.33. The van der Waals surface area contributed by atoms with Crippen LogP contribution in [0.4, 0.5) is 4.39 Å². The summed E-state index contributed by atoms with van der Waals surface area (Å²) < 4.78 is 18.8. The minimum atomic E-state index is -0.272. The van der Waals surface area contributed by atoms with Gasteiger partial charge in [-0.05, 0) is 41.0 Å². The largest absolute Gasteiger partial charge is 0.365 e. The maximum absolute atomic E-state index is 13.1. The topological polar surface area (TPSA) is 41.6 Å². The summed E-state index contributed by atoms with van der Waals surface area (Å²) in [4.78, 5) is 14.0. The molecule has 0 spiro atoms. The number of hydrogen-bond acceptors (Lipinski definition) is 3. The molecule has 1 unspecified atom stereocenters. The van der Waals surface area contributed by atoms with Crippen molar-refractivity contribution in [2.45, 2.75) is 25.6 Å². The van der Waals surface area contributed by atoms with Gasteiger partial charge in [-0.3, -0.25) is 4.79 Å². The van der Waals surface area contributed by atoms with Gasteiger partial charge in [0.15, 0.2) is 0 Å². The highest BCUT2D eigenvalue weighted by atomic mass is 35.5. The third-order valence-electron chi connectivity index (χ3n) is 5.45. The van der Waals surface area contributed by atoms with Crippen LogP contribution in [0, 0.1) is 5.82 Å². The predicted octanol–water partition coefficient (Wildman–Crippen LogP) is 4.48. The second-order valence-corrected chi connectivity index (χ2v) is 7.53. The zero-order chi connectivity index (χ0) is 20.2. The summed E-state index contributed by atoms with van der Waals surface area (Å²) >= 11 is 0. The lowest BCUT2D eigenvalue weighted by atomic mass is 9.99. The summed E-state index contributed by atoms with van der Waals surface area (Å²) in [5.74, 6) is -0.306. The normalized spacial score (nSPS) is 17.6. The van der Waals surface area contributed by atoms with E-state index >= 15 is 0 Å². The van der Waals surface area contributed by atoms with Crippen LogP contribution in [0.3, 0.4) is 0 Å². The van der Waals surface area contributed by atoms with Crippen LogP contribution in [0.1, 0.15) is 24.1 Å². The molecular formula is C24H26ClFN2O2. The first-order valence-electron chi connectivity index (χ1n) is 9.95. The lowest BCUT2D eigenvalue weighted by molar-refractivity contribution is -0.149. The highest BCUT2D eigenvalue weighted by molar-refractivity contribution is 5.86. The standard InChI is InChI=1S/C24H25FN2O2.ClH/c1-17(22-8-4-6-19-5-2-3-7-23(19)22)26-13-21-15-27(24(28)16-29-21)14-18-9-11-20(25)12-10-18;/h2-12,17,21,26H,13-16H2,1H3;1H/t17-,21?;/m1./s1. The number of nitrogens with one attached hydrogen (secondary N) is 1. The van der Waals surface area contributed by atoms with Gasteiger partial charge in [0, 0.05) is 25.7 Å². The number of fused-ring (bicyclic) bond motifs is 1. The number of hydrogen-bond donors (Lipinski definition) is 1. The molecule has 158 valence electrons. The molecule has 1 saturated heterocycles. The third-order valence-corrected chi connectivity index (χ3v) is 5.45. The Morgan fingerprint density at radius 2 is 1.83 bits per heavy atom. The number of carbonyl (C=O) groups is 1. The van der Waals surface area contributed by atoms with Crippen LogP contribution in [0.5, 0.6) is 0 Å². The van der Waals surface area contributed by atoms with E-state index in [0.29, 0.717) is 19.6 Å². The number of amides is 1. The van der Waals surface area contributed by atoms with Gasteiger partial charge in [-0.15, -0.1) is 12.4 Å². The molecule has 1 aliphatic heterocycles. The van der Waals surface area contributed by atoms with Gasteiger partial charge in [0.05, 0.1) is 6.10 Å². The molecular weight excluding hydrogens is 403 g/mol. The molecule has 1 heterocycles. The zero-order valence-electron chi connectivity index (χ0n) is 16.9. The third kappa shape index (κ3) is 5.17. The van der Waals surface area contributed by atoms with Gasteiger partial charge in [0.25, 0.3) is 0 Å². The van der Waals surface area contributed by atoms with Crippen molar-refractivity contribution in [1.29, 1.82) is 0 Å². The van der Waals surface area contributed by atoms with Crippen molar-refractivity contribution in [3.63, 3.8) is 0 Å². The van der Waals surface area contributed by atoms with Gasteiger partial charge in [-0.1, -0.05) is 54.6 Å². The Labute approximate surface area is 182 Å². The minimum Gasteiger partial charge on any atom is -0.365 e. The molecule has 0 aromatic heterocycles. The molecule has 2 atom stereocenters. The first-order chi connectivity index (χ1) is 14.1. The number of nitrogens with zero attached hydrogens (tertiary/aromatic N) is 1. The van der Waals surface area contributed by atoms with Crippen LogP contribution in [0.2, 0.25) is 0 Å². The molecule has 6 heteroatoms. The summed E-state index contributed by atoms with van der Waals surface area (Å²) in [6.07, 6.45) is -0.0782. The fourth-order valence-corrected chi connectivity index (χ4v) is 3.81. The van der Waals surface area contributed by atoms with Crippen LogP contribution in [0.15, 0.2) is 66.7 Å². The van der Waals surface area contributed by atoms with Gasteiger partial charge >= 0.3 is 0 Å². The molecule has 1 amide bonds. The van der Waals surface area contributed by atoms with E-state index in [1.165, 1.54) is 28.5 Å². The van der Waals surface area contributed by atoms with Crippen molar-refractivity contribution in [3.8, 4) is 0 Å². The van der Waals surface area contributed by atoms with Crippen LogP contribution < -0.4 is 5.32 Å². The summed E-state index contributed by atoms with van der Waals surface area (Å²) in [6, 6.07) is 21.1. The van der Waals surface area contributed by atoms with Gasteiger partial charge < -0.3 is 15.0 Å². The Balaban J connectivity index is 0.00000256. The molecule has 1 N–H and O–H groups in total. The van der Waals surface area contributed by atoms with E-state index in [4.69, 9.17) is 4.74 Å². The predicted molar refractivity (Wildman–Crippen MR) is 119 cm³/mol. The average Bonchev–Trinajstić information content (AvgIpc) is 2.75. The number of carbonyl (C=O) groups excluding carboxylic acids is 1. The molecule has 3 aromatic rings. The van der Waals surface area contributed by atoms with Crippen molar-refractivity contribution in [3.05, 3.63) is 83.7 Å². The highest BCUT2D eigenvalue weighted by Crippen LogP contribution is 2.24. The SMILES string of the molecule is C[C@@H](NCC1CN(Cc2ccc(F)cc2)C(=O)CO1)c1cccc2ccccc12.Cl. The van der Waals surface area contributed by atoms with E-state index in [9.17, 15) is 9.18 Å². The van der Waals surface area contributed by atoms with Crippen molar-refractivity contribution in [1.82, 2.24) is 10.2 Å². The minimum absolute atomic E-state index is 0. The van der Waals surface area contributed by atoms with E-state index < -0.39 is 0 Å². The van der Waals surface area contributed by atoms with Crippen molar-refractivity contribution < 1.29 is 13.9 Å². The smallest absolute Gasteiger partial charge is 0.248 e. The van der Waals surface area contributed by atoms with Crippen molar-refractivity contribution >= 4 is 29.1 Å². The average molecular weight is 429 g/mol. The van der Waals surface area contributed by atoms with Crippen LogP contribution >= 0.6 is 12.4 Å². The Morgan fingerprint density at radius 1 is 1.10 bits per heavy atom. The van der Waals surface area contributed by atoms with Crippen molar-refractivity contribution in [2.75, 3.05) is 19.7 Å². The Hall–Kier alpha value is -2.47. The summed E-state index contributed by atoms with van der Waals surface area (Å²) in [7, 11) is 0. The summed E-state index contributed by atoms with van der Waals surface area (Å²) in [5, 5.41) is 6.02. The van der Waals surface area contributed by atoms with Crippen LogP contribution in [0.25, 0.3) is 10.8 Å². The number of benzene rings is 3. The first kappa shape index (κ1) is 22.2. The fraction of sp³-hybridized carbons (Fsp3) is 0.292. The number of morpholine rings is 1. The molecule has 4 rings (SSSR count). The second-order valence-electron chi connectivity index (χ2n) is 7.53. The lowest BCUT2D eigenvalue weighted by Crippen LogP contribution is -2.49. The van der Waals surface area contributed by atoms with E-state index in [0.717, 1.165) is 5.56 Å². The van der Waals surface area contributed by atoms with Gasteiger partial charge in [0.2, 0.25) is 5.91 Å². The fourth-order valence-electron chi connectivity index (χ4n) is 3.81. The second kappa shape index (κ2) is 10.0. The Morgan fingerprint density at radius 3 is 2.63 bits per heavy atom. The van der Waals surface area contributed by atoms with E-state index in [1.54, 1.807) is 17.0 Å². The first-order valence-corrected chi connectivity index (χ1v) is 9.95. The van der Waals surface area contributed by atoms with E-state index in [1.807, 2.05) is 6.07 Å². The Kier molecular flexibility index (Phi) is 7.43. The van der Waals surface area contributed by atoms with E-state index in [2.05, 4.69) is 48.6 Å². The molecule has 1 fully saturated rings. The number of halogens is 2. The number of ether oxygens (including phenoxy) is 1. The molecule has 0 radical (unpaired) electrons.